The lowest BCUT2D eigenvalue weighted by Gasteiger charge is -2.26. The summed E-state index contributed by atoms with van der Waals surface area (Å²) in [5.74, 6) is -1.47. The van der Waals surface area contributed by atoms with Crippen LogP contribution in [0.5, 0.6) is 0 Å². The third-order valence-electron chi connectivity index (χ3n) is 3.54. The van der Waals surface area contributed by atoms with E-state index >= 15 is 0 Å². The minimum absolute atomic E-state index is 0. The van der Waals surface area contributed by atoms with Crippen molar-refractivity contribution in [2.45, 2.75) is 39.2 Å². The lowest BCUT2D eigenvalue weighted by Crippen LogP contribution is -2.49. The summed E-state index contributed by atoms with van der Waals surface area (Å²) in [5.41, 5.74) is 5.85. The molecule has 1 aromatic rings. The van der Waals surface area contributed by atoms with Gasteiger partial charge in [-0.2, -0.15) is 0 Å². The summed E-state index contributed by atoms with van der Waals surface area (Å²) < 4.78 is 13.7. The topological polar surface area (TPSA) is 84.2 Å². The van der Waals surface area contributed by atoms with Crippen LogP contribution in [0.25, 0.3) is 0 Å². The minimum Gasteiger partial charge on any atom is -0.350 e. The van der Waals surface area contributed by atoms with Crippen molar-refractivity contribution in [3.63, 3.8) is 0 Å². The van der Waals surface area contributed by atoms with Gasteiger partial charge in [-0.15, -0.1) is 12.4 Å². The highest BCUT2D eigenvalue weighted by atomic mass is 35.5. The quantitative estimate of drug-likeness (QED) is 0.748. The van der Waals surface area contributed by atoms with E-state index in [2.05, 4.69) is 10.6 Å². The van der Waals surface area contributed by atoms with Gasteiger partial charge in [-0.05, 0) is 31.0 Å². The summed E-state index contributed by atoms with van der Waals surface area (Å²) in [6.45, 7) is 5.48. The first-order chi connectivity index (χ1) is 9.81. The minimum atomic E-state index is -0.641. The Kier molecular flexibility index (Phi) is 8.05. The van der Waals surface area contributed by atoms with E-state index in [1.165, 1.54) is 19.1 Å². The lowest BCUT2D eigenvalue weighted by atomic mass is 9.94. The second-order valence-electron chi connectivity index (χ2n) is 5.13. The van der Waals surface area contributed by atoms with Crippen molar-refractivity contribution in [3.05, 3.63) is 29.6 Å². The average molecular weight is 332 g/mol. The SMILES string of the molecule is CCC(N)(CC)CNC(=O)c1cc(NC(C)=O)ccc1F.Cl. The number of carbonyl (C=O) groups is 2. The molecule has 0 saturated heterocycles. The van der Waals surface area contributed by atoms with Crippen LogP contribution in [0, 0.1) is 5.82 Å². The van der Waals surface area contributed by atoms with Crippen molar-refractivity contribution in [1.82, 2.24) is 5.32 Å². The van der Waals surface area contributed by atoms with Crippen molar-refractivity contribution in [2.75, 3.05) is 11.9 Å². The van der Waals surface area contributed by atoms with Gasteiger partial charge >= 0.3 is 0 Å². The van der Waals surface area contributed by atoms with E-state index in [-0.39, 0.29) is 30.4 Å². The highest BCUT2D eigenvalue weighted by molar-refractivity contribution is 5.97. The molecule has 0 spiro atoms. The summed E-state index contributed by atoms with van der Waals surface area (Å²) in [5, 5.41) is 5.16. The molecule has 7 heteroatoms. The van der Waals surface area contributed by atoms with E-state index < -0.39 is 17.3 Å². The summed E-state index contributed by atoms with van der Waals surface area (Å²) in [6.07, 6.45) is 1.41. The Morgan fingerprint density at radius 2 is 1.86 bits per heavy atom. The van der Waals surface area contributed by atoms with Crippen molar-refractivity contribution in [1.29, 1.82) is 0 Å². The van der Waals surface area contributed by atoms with Crippen LogP contribution in [0.4, 0.5) is 10.1 Å². The van der Waals surface area contributed by atoms with Gasteiger partial charge in [-0.3, -0.25) is 9.59 Å². The second kappa shape index (κ2) is 8.70. The summed E-state index contributed by atoms with van der Waals surface area (Å²) in [4.78, 5) is 23.1. The summed E-state index contributed by atoms with van der Waals surface area (Å²) in [6, 6.07) is 3.86. The number of hydrogen-bond donors (Lipinski definition) is 3. The Morgan fingerprint density at radius 3 is 2.36 bits per heavy atom. The van der Waals surface area contributed by atoms with Crippen LogP contribution < -0.4 is 16.4 Å². The van der Waals surface area contributed by atoms with E-state index in [0.29, 0.717) is 18.5 Å². The van der Waals surface area contributed by atoms with Gasteiger partial charge in [0, 0.05) is 24.7 Å². The number of amides is 2. The van der Waals surface area contributed by atoms with E-state index in [1.807, 2.05) is 13.8 Å². The molecule has 124 valence electrons. The molecule has 0 aliphatic carbocycles. The van der Waals surface area contributed by atoms with Gasteiger partial charge in [0.1, 0.15) is 5.82 Å². The van der Waals surface area contributed by atoms with Gasteiger partial charge in [0.2, 0.25) is 5.91 Å². The number of halogens is 2. The Hall–Kier alpha value is -1.66. The van der Waals surface area contributed by atoms with Crippen LogP contribution in [0.3, 0.4) is 0 Å². The third kappa shape index (κ3) is 5.61. The summed E-state index contributed by atoms with van der Waals surface area (Å²) >= 11 is 0. The van der Waals surface area contributed by atoms with E-state index in [1.54, 1.807) is 0 Å². The van der Waals surface area contributed by atoms with Crippen LogP contribution in [0.1, 0.15) is 44.0 Å². The maximum atomic E-state index is 13.7. The van der Waals surface area contributed by atoms with Gasteiger partial charge < -0.3 is 16.4 Å². The van der Waals surface area contributed by atoms with Crippen molar-refractivity contribution in [3.8, 4) is 0 Å². The van der Waals surface area contributed by atoms with E-state index in [4.69, 9.17) is 5.73 Å². The van der Waals surface area contributed by atoms with Gasteiger partial charge in [-0.1, -0.05) is 13.8 Å². The summed E-state index contributed by atoms with van der Waals surface area (Å²) in [7, 11) is 0. The van der Waals surface area contributed by atoms with E-state index in [0.717, 1.165) is 6.07 Å². The zero-order valence-corrected chi connectivity index (χ0v) is 13.8. The number of nitrogens with two attached hydrogens (primary N) is 1. The number of nitrogens with one attached hydrogen (secondary N) is 2. The number of rotatable bonds is 6. The highest BCUT2D eigenvalue weighted by Crippen LogP contribution is 2.16. The Balaban J connectivity index is 0.00000441. The van der Waals surface area contributed by atoms with Gasteiger partial charge in [0.25, 0.3) is 5.91 Å². The smallest absolute Gasteiger partial charge is 0.254 e. The molecule has 22 heavy (non-hydrogen) atoms. The normalized spacial score (nSPS) is 10.6. The Labute approximate surface area is 136 Å². The fourth-order valence-electron chi connectivity index (χ4n) is 1.83. The molecule has 4 N–H and O–H groups in total. The molecule has 0 radical (unpaired) electrons. The molecular weight excluding hydrogens is 309 g/mol. The van der Waals surface area contributed by atoms with Crippen LogP contribution >= 0.6 is 12.4 Å². The zero-order valence-electron chi connectivity index (χ0n) is 13.0. The molecule has 0 heterocycles. The number of carbonyl (C=O) groups excluding carboxylic acids is 2. The number of hydrogen-bond acceptors (Lipinski definition) is 3. The van der Waals surface area contributed by atoms with Crippen LogP contribution in [0.2, 0.25) is 0 Å². The predicted molar refractivity (Wildman–Crippen MR) is 87.8 cm³/mol. The molecule has 0 aliphatic rings. The maximum Gasteiger partial charge on any atom is 0.254 e. The first-order valence-corrected chi connectivity index (χ1v) is 6.95. The third-order valence-corrected chi connectivity index (χ3v) is 3.54. The molecule has 2 amide bonds. The maximum absolute atomic E-state index is 13.7. The monoisotopic (exact) mass is 331 g/mol. The molecule has 5 nitrogen and oxygen atoms in total. The second-order valence-corrected chi connectivity index (χ2v) is 5.13. The van der Waals surface area contributed by atoms with Gasteiger partial charge in [0.15, 0.2) is 0 Å². The largest absolute Gasteiger partial charge is 0.350 e. The predicted octanol–water partition coefficient (Wildman–Crippen LogP) is 2.45. The molecule has 0 atom stereocenters. The molecule has 1 rings (SSSR count). The van der Waals surface area contributed by atoms with Crippen molar-refractivity contribution < 1.29 is 14.0 Å². The number of benzene rings is 1. The highest BCUT2D eigenvalue weighted by Gasteiger charge is 2.22. The van der Waals surface area contributed by atoms with Crippen LogP contribution in [0.15, 0.2) is 18.2 Å². The molecule has 1 aromatic carbocycles. The Morgan fingerprint density at radius 1 is 1.27 bits per heavy atom. The van der Waals surface area contributed by atoms with Crippen LogP contribution in [-0.4, -0.2) is 23.9 Å². The fourth-order valence-corrected chi connectivity index (χ4v) is 1.83. The van der Waals surface area contributed by atoms with Gasteiger partial charge in [0.05, 0.1) is 5.56 Å². The zero-order chi connectivity index (χ0) is 16.0. The first-order valence-electron chi connectivity index (χ1n) is 6.95. The van der Waals surface area contributed by atoms with Crippen LogP contribution in [-0.2, 0) is 4.79 Å². The van der Waals surface area contributed by atoms with E-state index in [9.17, 15) is 14.0 Å². The fraction of sp³-hybridized carbons (Fsp3) is 0.467. The lowest BCUT2D eigenvalue weighted by molar-refractivity contribution is -0.114. The average Bonchev–Trinajstić information content (AvgIpc) is 2.46. The molecule has 0 saturated carbocycles. The molecule has 0 fully saturated rings. The van der Waals surface area contributed by atoms with Gasteiger partial charge in [-0.25, -0.2) is 4.39 Å². The molecule has 0 aliphatic heterocycles. The molecule has 0 aromatic heterocycles. The first kappa shape index (κ1) is 20.3. The van der Waals surface area contributed by atoms with Crippen molar-refractivity contribution in [2.24, 2.45) is 5.73 Å². The Bertz CT molecular complexity index is 534. The standard InChI is InChI=1S/C15H22FN3O2.ClH/c1-4-15(17,5-2)9-18-14(21)12-8-11(19-10(3)20)6-7-13(12)16;/h6-8H,4-5,9,17H2,1-3H3,(H,18,21)(H,19,20);1H. The molecular formula is C15H23ClFN3O2. The number of anilines is 1. The van der Waals surface area contributed by atoms with Crippen molar-refractivity contribution >= 4 is 29.9 Å². The molecule has 0 bridgehead atoms. The molecule has 0 unspecified atom stereocenters.